The summed E-state index contributed by atoms with van der Waals surface area (Å²) in [6.07, 6.45) is 4.74. The Labute approximate surface area is 158 Å². The maximum absolute atomic E-state index is 12.6. The highest BCUT2D eigenvalue weighted by molar-refractivity contribution is 5.80. The number of nitrogens with one attached hydrogen (secondary N) is 1. The van der Waals surface area contributed by atoms with Gasteiger partial charge in [-0.05, 0) is 31.9 Å². The van der Waals surface area contributed by atoms with Crippen molar-refractivity contribution in [2.24, 2.45) is 0 Å². The molecule has 2 heterocycles. The number of carbonyl (C=O) groups excluding carboxylic acids is 2. The number of amides is 2. The van der Waals surface area contributed by atoms with Crippen molar-refractivity contribution in [3.8, 4) is 0 Å². The van der Waals surface area contributed by atoms with Crippen molar-refractivity contribution in [1.82, 2.24) is 19.8 Å². The highest BCUT2D eigenvalue weighted by Crippen LogP contribution is 2.10. The van der Waals surface area contributed by atoms with Gasteiger partial charge >= 0.3 is 0 Å². The molecule has 3 rings (SSSR count). The molecule has 0 bridgehead atoms. The van der Waals surface area contributed by atoms with E-state index in [-0.39, 0.29) is 36.9 Å². The molecular formula is C20H26N4O3. The molecule has 27 heavy (non-hydrogen) atoms. The summed E-state index contributed by atoms with van der Waals surface area (Å²) in [6.45, 7) is 3.52. The second kappa shape index (κ2) is 8.79. The maximum atomic E-state index is 12.6. The Morgan fingerprint density at radius 3 is 2.56 bits per heavy atom. The molecule has 1 saturated heterocycles. The van der Waals surface area contributed by atoms with Gasteiger partial charge in [-0.25, -0.2) is 4.98 Å². The van der Waals surface area contributed by atoms with Gasteiger partial charge in [-0.1, -0.05) is 25.0 Å². The summed E-state index contributed by atoms with van der Waals surface area (Å²) < 4.78 is 1.37. The van der Waals surface area contributed by atoms with Gasteiger partial charge in [-0.2, -0.15) is 0 Å². The molecule has 0 saturated carbocycles. The third kappa shape index (κ3) is 4.72. The standard InChI is InChI=1S/C20H26N4O3/c1-15-22-17-9-5-4-8-16(17)20(27)24(15)14-18(25)21-11-10-19(26)23-12-6-2-3-7-13-23/h4-5,8-9H,2-3,6-7,10-14H2,1H3,(H,21,25). The Kier molecular flexibility index (Phi) is 6.21. The van der Waals surface area contributed by atoms with Gasteiger partial charge < -0.3 is 10.2 Å². The fourth-order valence-corrected chi connectivity index (χ4v) is 3.45. The summed E-state index contributed by atoms with van der Waals surface area (Å²) in [5.41, 5.74) is 0.397. The van der Waals surface area contributed by atoms with Crippen LogP contribution in [0.1, 0.15) is 37.9 Å². The molecule has 1 aliphatic rings. The monoisotopic (exact) mass is 370 g/mol. The molecule has 1 aliphatic heterocycles. The van der Waals surface area contributed by atoms with E-state index in [0.717, 1.165) is 25.9 Å². The molecule has 2 aromatic rings. The van der Waals surface area contributed by atoms with Gasteiger partial charge in [0.25, 0.3) is 5.56 Å². The molecule has 1 N–H and O–H groups in total. The molecule has 2 amide bonds. The molecule has 7 heteroatoms. The third-order valence-corrected chi connectivity index (χ3v) is 4.97. The van der Waals surface area contributed by atoms with Crippen LogP contribution in [0.2, 0.25) is 0 Å². The van der Waals surface area contributed by atoms with E-state index in [4.69, 9.17) is 0 Å². The largest absolute Gasteiger partial charge is 0.354 e. The quantitative estimate of drug-likeness (QED) is 0.867. The van der Waals surface area contributed by atoms with Crippen LogP contribution in [0.15, 0.2) is 29.1 Å². The first-order chi connectivity index (χ1) is 13.1. The molecule has 7 nitrogen and oxygen atoms in total. The fraction of sp³-hybridized carbons (Fsp3) is 0.500. The predicted octanol–water partition coefficient (Wildman–Crippen LogP) is 1.61. The van der Waals surface area contributed by atoms with Gasteiger partial charge in [0.2, 0.25) is 11.8 Å². The first-order valence-corrected chi connectivity index (χ1v) is 9.57. The highest BCUT2D eigenvalue weighted by atomic mass is 16.2. The summed E-state index contributed by atoms with van der Waals surface area (Å²) in [5, 5.41) is 3.24. The van der Waals surface area contributed by atoms with Crippen molar-refractivity contribution in [2.45, 2.75) is 45.6 Å². The predicted molar refractivity (Wildman–Crippen MR) is 103 cm³/mol. The van der Waals surface area contributed by atoms with E-state index >= 15 is 0 Å². The van der Waals surface area contributed by atoms with Crippen molar-refractivity contribution in [3.05, 3.63) is 40.4 Å². The number of aryl methyl sites for hydroxylation is 1. The number of hydrogen-bond donors (Lipinski definition) is 1. The smallest absolute Gasteiger partial charge is 0.261 e. The SMILES string of the molecule is Cc1nc2ccccc2c(=O)n1CC(=O)NCCC(=O)N1CCCCCC1. The van der Waals surface area contributed by atoms with E-state index in [1.54, 1.807) is 25.1 Å². The Bertz CT molecular complexity index is 882. The minimum absolute atomic E-state index is 0.0814. The van der Waals surface area contributed by atoms with Gasteiger partial charge in [-0.15, -0.1) is 0 Å². The van der Waals surface area contributed by atoms with Crippen LogP contribution in [0.25, 0.3) is 10.9 Å². The molecule has 0 spiro atoms. The van der Waals surface area contributed by atoms with Gasteiger partial charge in [0, 0.05) is 26.1 Å². The van der Waals surface area contributed by atoms with Crippen LogP contribution in [0.5, 0.6) is 0 Å². The number of likely N-dealkylation sites (tertiary alicyclic amines) is 1. The van der Waals surface area contributed by atoms with Crippen molar-refractivity contribution < 1.29 is 9.59 Å². The molecule has 144 valence electrons. The van der Waals surface area contributed by atoms with Crippen LogP contribution < -0.4 is 10.9 Å². The first kappa shape index (κ1) is 19.1. The zero-order valence-corrected chi connectivity index (χ0v) is 15.7. The van der Waals surface area contributed by atoms with Crippen molar-refractivity contribution in [1.29, 1.82) is 0 Å². The van der Waals surface area contributed by atoms with Crippen LogP contribution in [0.4, 0.5) is 0 Å². The summed E-state index contributed by atoms with van der Waals surface area (Å²) in [6, 6.07) is 7.09. The number of nitrogens with zero attached hydrogens (tertiary/aromatic N) is 3. The number of para-hydroxylation sites is 1. The molecule has 0 radical (unpaired) electrons. The topological polar surface area (TPSA) is 84.3 Å². The second-order valence-electron chi connectivity index (χ2n) is 6.96. The zero-order valence-electron chi connectivity index (χ0n) is 15.7. The van der Waals surface area contributed by atoms with Crippen LogP contribution in [0, 0.1) is 6.92 Å². The summed E-state index contributed by atoms with van der Waals surface area (Å²) in [7, 11) is 0. The number of aromatic nitrogens is 2. The Morgan fingerprint density at radius 2 is 1.81 bits per heavy atom. The highest BCUT2D eigenvalue weighted by Gasteiger charge is 2.16. The van der Waals surface area contributed by atoms with Crippen LogP contribution >= 0.6 is 0 Å². The van der Waals surface area contributed by atoms with Crippen molar-refractivity contribution in [3.63, 3.8) is 0 Å². The van der Waals surface area contributed by atoms with E-state index < -0.39 is 0 Å². The Morgan fingerprint density at radius 1 is 1.11 bits per heavy atom. The molecule has 1 fully saturated rings. The second-order valence-corrected chi connectivity index (χ2v) is 6.96. The number of carbonyl (C=O) groups is 2. The minimum Gasteiger partial charge on any atom is -0.354 e. The molecule has 0 atom stereocenters. The summed E-state index contributed by atoms with van der Waals surface area (Å²) in [5.74, 6) is 0.286. The number of benzene rings is 1. The zero-order chi connectivity index (χ0) is 19.2. The van der Waals surface area contributed by atoms with Gasteiger partial charge in [-0.3, -0.25) is 19.0 Å². The first-order valence-electron chi connectivity index (χ1n) is 9.57. The number of rotatable bonds is 5. The fourth-order valence-electron chi connectivity index (χ4n) is 3.45. The normalized spacial score (nSPS) is 14.8. The average molecular weight is 370 g/mol. The summed E-state index contributed by atoms with van der Waals surface area (Å²) >= 11 is 0. The Hall–Kier alpha value is -2.70. The lowest BCUT2D eigenvalue weighted by Crippen LogP contribution is -2.37. The maximum Gasteiger partial charge on any atom is 0.261 e. The van der Waals surface area contributed by atoms with E-state index in [1.807, 2.05) is 11.0 Å². The van der Waals surface area contributed by atoms with E-state index in [1.165, 1.54) is 17.4 Å². The lowest BCUT2D eigenvalue weighted by Gasteiger charge is -2.20. The lowest BCUT2D eigenvalue weighted by atomic mass is 10.2. The molecule has 0 aliphatic carbocycles. The summed E-state index contributed by atoms with van der Waals surface area (Å²) in [4.78, 5) is 43.4. The number of fused-ring (bicyclic) bond motifs is 1. The van der Waals surface area contributed by atoms with Crippen molar-refractivity contribution in [2.75, 3.05) is 19.6 Å². The van der Waals surface area contributed by atoms with Crippen LogP contribution in [0.3, 0.4) is 0 Å². The Balaban J connectivity index is 1.56. The molecule has 1 aromatic heterocycles. The number of hydrogen-bond acceptors (Lipinski definition) is 4. The van der Waals surface area contributed by atoms with Gasteiger partial charge in [0.15, 0.2) is 0 Å². The van der Waals surface area contributed by atoms with E-state index in [9.17, 15) is 14.4 Å². The minimum atomic E-state index is -0.291. The van der Waals surface area contributed by atoms with Crippen molar-refractivity contribution >= 4 is 22.7 Å². The lowest BCUT2D eigenvalue weighted by molar-refractivity contribution is -0.131. The van der Waals surface area contributed by atoms with Crippen LogP contribution in [-0.4, -0.2) is 45.9 Å². The molecular weight excluding hydrogens is 344 g/mol. The average Bonchev–Trinajstić information content (AvgIpc) is 2.94. The van der Waals surface area contributed by atoms with E-state index in [2.05, 4.69) is 10.3 Å². The molecule has 0 unspecified atom stereocenters. The van der Waals surface area contributed by atoms with Gasteiger partial charge in [0.1, 0.15) is 12.4 Å². The third-order valence-electron chi connectivity index (χ3n) is 4.97. The van der Waals surface area contributed by atoms with Gasteiger partial charge in [0.05, 0.1) is 10.9 Å². The van der Waals surface area contributed by atoms with E-state index in [0.29, 0.717) is 16.7 Å². The molecule has 1 aromatic carbocycles. The van der Waals surface area contributed by atoms with Crippen LogP contribution in [-0.2, 0) is 16.1 Å².